The zero-order chi connectivity index (χ0) is 18.4. The number of likely N-dealkylation sites (tertiary alicyclic amines) is 1. The van der Waals surface area contributed by atoms with Crippen LogP contribution in [0.5, 0.6) is 0 Å². The van der Waals surface area contributed by atoms with Crippen LogP contribution in [-0.2, 0) is 4.79 Å². The maximum atomic E-state index is 12.6. The molecule has 1 atom stereocenters. The smallest absolute Gasteiger partial charge is 0.321 e. The predicted octanol–water partition coefficient (Wildman–Crippen LogP) is 3.05. The Balaban J connectivity index is 1.97. The van der Waals surface area contributed by atoms with Crippen molar-refractivity contribution in [2.24, 2.45) is 0 Å². The van der Waals surface area contributed by atoms with Gasteiger partial charge in [-0.25, -0.2) is 4.79 Å². The van der Waals surface area contributed by atoms with Crippen molar-refractivity contribution in [3.8, 4) is 0 Å². The molecule has 25 heavy (non-hydrogen) atoms. The highest BCUT2D eigenvalue weighted by Gasteiger charge is 2.24. The molecular formula is C19H30N4O2. The van der Waals surface area contributed by atoms with Gasteiger partial charge in [0, 0.05) is 50.0 Å². The number of hydrogen-bond donors (Lipinski definition) is 2. The number of anilines is 2. The summed E-state index contributed by atoms with van der Waals surface area (Å²) in [6, 6.07) is 8.19. The molecule has 1 fully saturated rings. The fraction of sp³-hybridized carbons (Fsp3) is 0.579. The molecule has 1 heterocycles. The molecule has 3 amide bonds. The van der Waals surface area contributed by atoms with Crippen molar-refractivity contribution in [2.45, 2.75) is 52.1 Å². The molecule has 1 aliphatic heterocycles. The Labute approximate surface area is 150 Å². The molecule has 138 valence electrons. The van der Waals surface area contributed by atoms with Gasteiger partial charge in [-0.15, -0.1) is 0 Å². The van der Waals surface area contributed by atoms with E-state index >= 15 is 0 Å². The number of nitrogens with one attached hydrogen (secondary N) is 2. The summed E-state index contributed by atoms with van der Waals surface area (Å²) in [5.41, 5.74) is 1.86. The lowest BCUT2D eigenvalue weighted by molar-refractivity contribution is -0.121. The standard InChI is InChI=1S/C19H30N4O2/c1-5-18(24)20-16-9-7-11-23(13-16)19(25)21-15-8-6-10-17(12-15)22(4)14(2)3/h6,8,10,12,14,16H,5,7,9,11,13H2,1-4H3,(H,20,24)(H,21,25)/t16-/m0/s1. The van der Waals surface area contributed by atoms with E-state index in [-0.39, 0.29) is 18.0 Å². The number of hydrogen-bond acceptors (Lipinski definition) is 3. The van der Waals surface area contributed by atoms with Gasteiger partial charge in [0.25, 0.3) is 0 Å². The third-order valence-electron chi connectivity index (χ3n) is 4.67. The number of urea groups is 1. The highest BCUT2D eigenvalue weighted by molar-refractivity contribution is 5.90. The average Bonchev–Trinajstić information content (AvgIpc) is 2.61. The average molecular weight is 346 g/mol. The second-order valence-electron chi connectivity index (χ2n) is 6.89. The lowest BCUT2D eigenvalue weighted by Gasteiger charge is -2.33. The number of carbonyl (C=O) groups is 2. The summed E-state index contributed by atoms with van der Waals surface area (Å²) < 4.78 is 0. The van der Waals surface area contributed by atoms with Gasteiger partial charge in [0.05, 0.1) is 0 Å². The molecule has 1 saturated heterocycles. The van der Waals surface area contributed by atoms with E-state index in [1.807, 2.05) is 38.2 Å². The molecular weight excluding hydrogens is 316 g/mol. The highest BCUT2D eigenvalue weighted by Crippen LogP contribution is 2.21. The highest BCUT2D eigenvalue weighted by atomic mass is 16.2. The van der Waals surface area contributed by atoms with Crippen LogP contribution in [-0.4, -0.2) is 49.1 Å². The fourth-order valence-electron chi connectivity index (χ4n) is 2.91. The Bertz CT molecular complexity index is 603. The van der Waals surface area contributed by atoms with Crippen LogP contribution in [0.1, 0.15) is 40.0 Å². The van der Waals surface area contributed by atoms with E-state index in [0.29, 0.717) is 19.0 Å². The van der Waals surface area contributed by atoms with Crippen molar-refractivity contribution in [3.05, 3.63) is 24.3 Å². The molecule has 6 nitrogen and oxygen atoms in total. The monoisotopic (exact) mass is 346 g/mol. The molecule has 0 spiro atoms. The molecule has 2 rings (SSSR count). The van der Waals surface area contributed by atoms with Gasteiger partial charge in [-0.05, 0) is 44.9 Å². The van der Waals surface area contributed by atoms with Gasteiger partial charge in [-0.3, -0.25) is 4.79 Å². The molecule has 6 heteroatoms. The predicted molar refractivity (Wildman–Crippen MR) is 102 cm³/mol. The van der Waals surface area contributed by atoms with Gasteiger partial charge in [0.2, 0.25) is 5.91 Å². The molecule has 0 aliphatic carbocycles. The summed E-state index contributed by atoms with van der Waals surface area (Å²) >= 11 is 0. The minimum atomic E-state index is -0.111. The lowest BCUT2D eigenvalue weighted by Crippen LogP contribution is -2.50. The van der Waals surface area contributed by atoms with Crippen LogP contribution in [0.25, 0.3) is 0 Å². The number of carbonyl (C=O) groups excluding carboxylic acids is 2. The van der Waals surface area contributed by atoms with Crippen LogP contribution in [0, 0.1) is 0 Å². The summed E-state index contributed by atoms with van der Waals surface area (Å²) in [6.07, 6.45) is 2.29. The third kappa shape index (κ3) is 5.37. The van der Waals surface area contributed by atoms with E-state index in [4.69, 9.17) is 0 Å². The molecule has 0 radical (unpaired) electrons. The van der Waals surface area contributed by atoms with Crippen molar-refractivity contribution >= 4 is 23.3 Å². The molecule has 1 aromatic carbocycles. The molecule has 0 bridgehead atoms. The van der Waals surface area contributed by atoms with Crippen LogP contribution in [0.15, 0.2) is 24.3 Å². The molecule has 2 N–H and O–H groups in total. The zero-order valence-electron chi connectivity index (χ0n) is 15.7. The van der Waals surface area contributed by atoms with Gasteiger partial charge in [-0.2, -0.15) is 0 Å². The van der Waals surface area contributed by atoms with Crippen molar-refractivity contribution in [3.63, 3.8) is 0 Å². The van der Waals surface area contributed by atoms with Gasteiger partial charge in [0.1, 0.15) is 0 Å². The van der Waals surface area contributed by atoms with E-state index in [1.165, 1.54) is 0 Å². The normalized spacial score (nSPS) is 17.3. The SMILES string of the molecule is CCC(=O)N[C@H]1CCCN(C(=O)Nc2cccc(N(C)C(C)C)c2)C1. The Morgan fingerprint density at radius 1 is 1.36 bits per heavy atom. The van der Waals surface area contributed by atoms with Gasteiger partial charge in [0.15, 0.2) is 0 Å². The maximum Gasteiger partial charge on any atom is 0.321 e. The molecule has 0 aromatic heterocycles. The number of nitrogens with zero attached hydrogens (tertiary/aromatic N) is 2. The van der Waals surface area contributed by atoms with Crippen molar-refractivity contribution in [2.75, 3.05) is 30.4 Å². The second-order valence-corrected chi connectivity index (χ2v) is 6.89. The molecule has 0 unspecified atom stereocenters. The summed E-state index contributed by atoms with van der Waals surface area (Å²) in [6.45, 7) is 7.37. The summed E-state index contributed by atoms with van der Waals surface area (Å²) in [4.78, 5) is 28.1. The first-order chi connectivity index (χ1) is 11.9. The first-order valence-electron chi connectivity index (χ1n) is 9.09. The second kappa shape index (κ2) is 8.74. The first-order valence-corrected chi connectivity index (χ1v) is 9.09. The van der Waals surface area contributed by atoms with E-state index in [0.717, 1.165) is 30.8 Å². The molecule has 0 saturated carbocycles. The quantitative estimate of drug-likeness (QED) is 0.861. The topological polar surface area (TPSA) is 64.7 Å². The molecule has 1 aliphatic rings. The Morgan fingerprint density at radius 2 is 2.12 bits per heavy atom. The zero-order valence-corrected chi connectivity index (χ0v) is 15.7. The Morgan fingerprint density at radius 3 is 2.80 bits per heavy atom. The minimum absolute atomic E-state index is 0.0386. The number of piperidine rings is 1. The van der Waals surface area contributed by atoms with Gasteiger partial charge in [-0.1, -0.05) is 13.0 Å². The van der Waals surface area contributed by atoms with Gasteiger partial charge >= 0.3 is 6.03 Å². The fourth-order valence-corrected chi connectivity index (χ4v) is 2.91. The first kappa shape index (κ1) is 19.1. The van der Waals surface area contributed by atoms with Crippen LogP contribution in [0.3, 0.4) is 0 Å². The van der Waals surface area contributed by atoms with Crippen molar-refractivity contribution in [1.29, 1.82) is 0 Å². The molecule has 1 aromatic rings. The minimum Gasteiger partial charge on any atom is -0.372 e. The van der Waals surface area contributed by atoms with E-state index < -0.39 is 0 Å². The van der Waals surface area contributed by atoms with Gasteiger partial charge < -0.3 is 20.4 Å². The number of amides is 3. The van der Waals surface area contributed by atoms with Crippen LogP contribution >= 0.6 is 0 Å². The Kier molecular flexibility index (Phi) is 6.67. The third-order valence-corrected chi connectivity index (χ3v) is 4.67. The largest absolute Gasteiger partial charge is 0.372 e. The van der Waals surface area contributed by atoms with Crippen molar-refractivity contribution in [1.82, 2.24) is 10.2 Å². The number of rotatable bonds is 5. The van der Waals surface area contributed by atoms with Crippen molar-refractivity contribution < 1.29 is 9.59 Å². The van der Waals surface area contributed by atoms with Crippen LogP contribution in [0.4, 0.5) is 16.2 Å². The Hall–Kier alpha value is -2.24. The van der Waals surface area contributed by atoms with E-state index in [9.17, 15) is 9.59 Å². The summed E-state index contributed by atoms with van der Waals surface area (Å²) in [7, 11) is 2.04. The van der Waals surface area contributed by atoms with Crippen LogP contribution in [0.2, 0.25) is 0 Å². The lowest BCUT2D eigenvalue weighted by atomic mass is 10.1. The van der Waals surface area contributed by atoms with E-state index in [1.54, 1.807) is 4.90 Å². The summed E-state index contributed by atoms with van der Waals surface area (Å²) in [5, 5.41) is 5.97. The van der Waals surface area contributed by atoms with Crippen LogP contribution < -0.4 is 15.5 Å². The summed E-state index contributed by atoms with van der Waals surface area (Å²) in [5.74, 6) is 0.0386. The maximum absolute atomic E-state index is 12.6. The number of benzene rings is 1. The van der Waals surface area contributed by atoms with E-state index in [2.05, 4.69) is 29.4 Å².